The summed E-state index contributed by atoms with van der Waals surface area (Å²) in [4.78, 5) is 15.8. The zero-order valence-corrected chi connectivity index (χ0v) is 17.9. The number of ether oxygens (including phenoxy) is 1. The summed E-state index contributed by atoms with van der Waals surface area (Å²) < 4.78 is 45.9. The lowest BCUT2D eigenvalue weighted by Crippen LogP contribution is -2.51. The van der Waals surface area contributed by atoms with Crippen molar-refractivity contribution in [2.24, 2.45) is 0 Å². The molecule has 1 fully saturated rings. The molecule has 2 aromatic rings. The van der Waals surface area contributed by atoms with Gasteiger partial charge in [-0.25, -0.2) is 13.2 Å². The summed E-state index contributed by atoms with van der Waals surface area (Å²) in [6, 6.07) is 9.68. The molecule has 0 unspecified atom stereocenters. The predicted octanol–water partition coefficient (Wildman–Crippen LogP) is 2.69. The number of carbonyl (C=O) groups is 1. The number of para-hydroxylation sites is 1. The van der Waals surface area contributed by atoms with E-state index in [1.165, 1.54) is 25.1 Å². The fraction of sp³-hybridized carbons (Fsp3) is 0.435. The minimum Gasteiger partial charge on any atom is -0.488 e. The fourth-order valence-corrected chi connectivity index (χ4v) is 3.67. The van der Waals surface area contributed by atoms with Crippen LogP contribution in [0.2, 0.25) is 0 Å². The van der Waals surface area contributed by atoms with Crippen molar-refractivity contribution in [1.82, 2.24) is 15.1 Å². The highest BCUT2D eigenvalue weighted by molar-refractivity contribution is 5.73. The summed E-state index contributed by atoms with van der Waals surface area (Å²) in [5, 5.41) is 13.0. The number of hydrogen-bond donors (Lipinski definition) is 2. The molecule has 2 aromatic carbocycles. The standard InChI is InChI=1S/C23H28F3N3O3/c1-16(30)27-23(17-6-7-19(24)21(26)14-17)29-12-10-28(11-13-29)9-8-18(31)15-32-22-5-3-2-4-20(22)25/h2-7,14,18,23,31H,8-13,15H2,1H3,(H,27,30)/t18-,23+/m1/s1. The number of carbonyl (C=O) groups excluding carboxylic acids is 1. The van der Waals surface area contributed by atoms with E-state index in [-0.39, 0.29) is 18.3 Å². The van der Waals surface area contributed by atoms with E-state index in [4.69, 9.17) is 4.74 Å². The van der Waals surface area contributed by atoms with Crippen LogP contribution >= 0.6 is 0 Å². The van der Waals surface area contributed by atoms with Crippen molar-refractivity contribution < 1.29 is 27.8 Å². The zero-order valence-electron chi connectivity index (χ0n) is 17.9. The molecule has 0 aliphatic carbocycles. The summed E-state index contributed by atoms with van der Waals surface area (Å²) in [5.41, 5.74) is 0.480. The fourth-order valence-electron chi connectivity index (χ4n) is 3.67. The molecule has 174 valence electrons. The first-order chi connectivity index (χ1) is 15.3. The number of halogens is 3. The first kappa shape index (κ1) is 24.0. The highest BCUT2D eigenvalue weighted by Gasteiger charge is 2.26. The van der Waals surface area contributed by atoms with Gasteiger partial charge in [0.05, 0.1) is 6.10 Å². The van der Waals surface area contributed by atoms with Gasteiger partial charge >= 0.3 is 0 Å². The van der Waals surface area contributed by atoms with E-state index in [1.807, 2.05) is 4.90 Å². The molecular weight excluding hydrogens is 423 g/mol. The lowest BCUT2D eigenvalue weighted by atomic mass is 10.1. The van der Waals surface area contributed by atoms with Gasteiger partial charge in [0.1, 0.15) is 12.8 Å². The number of benzene rings is 2. The van der Waals surface area contributed by atoms with Gasteiger partial charge in [0.25, 0.3) is 0 Å². The van der Waals surface area contributed by atoms with Crippen molar-refractivity contribution in [1.29, 1.82) is 0 Å². The second kappa shape index (κ2) is 11.3. The van der Waals surface area contributed by atoms with Crippen LogP contribution < -0.4 is 10.1 Å². The van der Waals surface area contributed by atoms with Crippen LogP contribution in [-0.4, -0.2) is 66.2 Å². The molecule has 2 N–H and O–H groups in total. The van der Waals surface area contributed by atoms with E-state index in [1.54, 1.807) is 12.1 Å². The molecule has 3 rings (SSSR count). The maximum absolute atomic E-state index is 13.7. The molecule has 0 radical (unpaired) electrons. The Bertz CT molecular complexity index is 907. The third kappa shape index (κ3) is 6.69. The van der Waals surface area contributed by atoms with Gasteiger partial charge in [-0.05, 0) is 36.2 Å². The maximum Gasteiger partial charge on any atom is 0.218 e. The summed E-state index contributed by atoms with van der Waals surface area (Å²) in [5.74, 6) is -2.51. The van der Waals surface area contributed by atoms with Crippen molar-refractivity contribution in [3.05, 3.63) is 65.5 Å². The van der Waals surface area contributed by atoms with Crippen molar-refractivity contribution in [2.45, 2.75) is 25.6 Å². The van der Waals surface area contributed by atoms with Crippen LogP contribution in [-0.2, 0) is 4.79 Å². The average Bonchev–Trinajstić information content (AvgIpc) is 2.78. The van der Waals surface area contributed by atoms with Gasteiger partial charge in [-0.1, -0.05) is 18.2 Å². The summed E-state index contributed by atoms with van der Waals surface area (Å²) in [6.07, 6.45) is -0.821. The van der Waals surface area contributed by atoms with Gasteiger partial charge in [-0.3, -0.25) is 9.69 Å². The zero-order chi connectivity index (χ0) is 23.1. The lowest BCUT2D eigenvalue weighted by molar-refractivity contribution is -0.121. The monoisotopic (exact) mass is 451 g/mol. The highest BCUT2D eigenvalue weighted by atomic mass is 19.2. The average molecular weight is 451 g/mol. The van der Waals surface area contributed by atoms with Crippen LogP contribution in [0.1, 0.15) is 25.1 Å². The minimum atomic E-state index is -0.955. The van der Waals surface area contributed by atoms with Crippen molar-refractivity contribution in [3.63, 3.8) is 0 Å². The smallest absolute Gasteiger partial charge is 0.218 e. The van der Waals surface area contributed by atoms with Gasteiger partial charge in [0.15, 0.2) is 23.2 Å². The van der Waals surface area contributed by atoms with Gasteiger partial charge in [0.2, 0.25) is 5.91 Å². The molecule has 0 spiro atoms. The van der Waals surface area contributed by atoms with Crippen LogP contribution in [0.3, 0.4) is 0 Å². The summed E-state index contributed by atoms with van der Waals surface area (Å²) >= 11 is 0. The quantitative estimate of drug-likeness (QED) is 0.614. The van der Waals surface area contributed by atoms with E-state index >= 15 is 0 Å². The normalized spacial score (nSPS) is 17.0. The van der Waals surface area contributed by atoms with Crippen molar-refractivity contribution in [2.75, 3.05) is 39.3 Å². The lowest BCUT2D eigenvalue weighted by Gasteiger charge is -2.39. The molecule has 1 heterocycles. The Labute approximate surface area is 185 Å². The first-order valence-electron chi connectivity index (χ1n) is 10.6. The Hall–Kier alpha value is -2.62. The van der Waals surface area contributed by atoms with Gasteiger partial charge in [-0.2, -0.15) is 0 Å². The molecule has 1 aliphatic heterocycles. The summed E-state index contributed by atoms with van der Waals surface area (Å²) in [7, 11) is 0. The predicted molar refractivity (Wildman–Crippen MR) is 113 cm³/mol. The molecule has 1 saturated heterocycles. The number of aliphatic hydroxyl groups is 1. The SMILES string of the molecule is CC(=O)N[C@H](c1ccc(F)c(F)c1)N1CCN(CC[C@@H](O)COc2ccccc2F)CC1. The van der Waals surface area contributed by atoms with Crippen LogP contribution in [0.4, 0.5) is 13.2 Å². The summed E-state index contributed by atoms with van der Waals surface area (Å²) in [6.45, 7) is 4.58. The second-order valence-corrected chi connectivity index (χ2v) is 7.84. The van der Waals surface area contributed by atoms with E-state index < -0.39 is 29.7 Å². The number of hydrogen-bond acceptors (Lipinski definition) is 5. The Kier molecular flexibility index (Phi) is 8.49. The van der Waals surface area contributed by atoms with Crippen molar-refractivity contribution in [3.8, 4) is 5.75 Å². The van der Waals surface area contributed by atoms with E-state index in [0.29, 0.717) is 44.7 Å². The van der Waals surface area contributed by atoms with Crippen LogP contribution in [0, 0.1) is 17.5 Å². The Balaban J connectivity index is 1.47. The van der Waals surface area contributed by atoms with Gasteiger partial charge in [-0.15, -0.1) is 0 Å². The Morgan fingerprint density at radius 2 is 1.78 bits per heavy atom. The molecule has 6 nitrogen and oxygen atoms in total. The molecule has 0 aromatic heterocycles. The highest BCUT2D eigenvalue weighted by Crippen LogP contribution is 2.22. The maximum atomic E-state index is 13.7. The Morgan fingerprint density at radius 3 is 2.44 bits per heavy atom. The third-order valence-corrected chi connectivity index (χ3v) is 5.42. The number of piperazine rings is 1. The topological polar surface area (TPSA) is 65.0 Å². The molecule has 0 saturated carbocycles. The van der Waals surface area contributed by atoms with Gasteiger partial charge in [0, 0.05) is 39.6 Å². The number of nitrogens with one attached hydrogen (secondary N) is 1. The molecule has 9 heteroatoms. The van der Waals surface area contributed by atoms with E-state index in [9.17, 15) is 23.1 Å². The third-order valence-electron chi connectivity index (χ3n) is 5.42. The minimum absolute atomic E-state index is 0.00162. The Morgan fingerprint density at radius 1 is 1.06 bits per heavy atom. The van der Waals surface area contributed by atoms with Gasteiger partial charge < -0.3 is 20.1 Å². The number of aliphatic hydroxyl groups excluding tert-OH is 1. The number of amides is 1. The molecular formula is C23H28F3N3O3. The molecule has 1 amide bonds. The molecule has 32 heavy (non-hydrogen) atoms. The number of nitrogens with zero attached hydrogens (tertiary/aromatic N) is 2. The van der Waals surface area contributed by atoms with E-state index in [0.717, 1.165) is 12.1 Å². The van der Waals surface area contributed by atoms with Crippen LogP contribution in [0.15, 0.2) is 42.5 Å². The number of rotatable bonds is 9. The van der Waals surface area contributed by atoms with Crippen LogP contribution in [0.5, 0.6) is 5.75 Å². The molecule has 0 bridgehead atoms. The largest absolute Gasteiger partial charge is 0.488 e. The first-order valence-corrected chi connectivity index (χ1v) is 10.6. The van der Waals surface area contributed by atoms with Crippen molar-refractivity contribution >= 4 is 5.91 Å². The van der Waals surface area contributed by atoms with E-state index in [2.05, 4.69) is 10.2 Å². The molecule has 1 aliphatic rings. The van der Waals surface area contributed by atoms with Crippen LogP contribution in [0.25, 0.3) is 0 Å². The molecule has 2 atom stereocenters. The second-order valence-electron chi connectivity index (χ2n) is 7.84.